The molecule has 2 heterocycles. The highest BCUT2D eigenvalue weighted by Gasteiger charge is 2.46. The van der Waals surface area contributed by atoms with E-state index in [9.17, 15) is 34.8 Å². The molecule has 9 nitrogen and oxygen atoms in total. The zero-order valence-corrected chi connectivity index (χ0v) is 22.5. The second-order valence-corrected chi connectivity index (χ2v) is 13.0. The van der Waals surface area contributed by atoms with Gasteiger partial charge in [0.15, 0.2) is 0 Å². The number of nitrogens with zero attached hydrogens (tertiary/aromatic N) is 1. The third-order valence-corrected chi connectivity index (χ3v) is 9.58. The first-order valence-corrected chi connectivity index (χ1v) is 14.9. The second kappa shape index (κ2) is 11.2. The number of sulfone groups is 1. The lowest BCUT2D eigenvalue weighted by Crippen LogP contribution is -2.42. The molecule has 0 spiro atoms. The van der Waals surface area contributed by atoms with E-state index in [1.165, 1.54) is 28.6 Å². The molecule has 39 heavy (non-hydrogen) atoms. The van der Waals surface area contributed by atoms with Gasteiger partial charge in [-0.3, -0.25) is 4.79 Å². The van der Waals surface area contributed by atoms with Gasteiger partial charge in [0.1, 0.15) is 5.76 Å². The van der Waals surface area contributed by atoms with E-state index < -0.39 is 30.3 Å². The van der Waals surface area contributed by atoms with E-state index >= 15 is 0 Å². The van der Waals surface area contributed by atoms with Gasteiger partial charge in [0, 0.05) is 35.4 Å². The van der Waals surface area contributed by atoms with Gasteiger partial charge in [0.05, 0.1) is 11.4 Å². The van der Waals surface area contributed by atoms with Crippen molar-refractivity contribution in [2.24, 2.45) is 0 Å². The van der Waals surface area contributed by atoms with E-state index in [0.717, 1.165) is 12.1 Å². The van der Waals surface area contributed by atoms with E-state index in [1.54, 1.807) is 24.3 Å². The molecular weight excluding hydrogens is 583 g/mol. The van der Waals surface area contributed by atoms with Crippen LogP contribution in [-0.4, -0.2) is 51.7 Å². The molecule has 0 aliphatic carbocycles. The fraction of sp³-hybridized carbons (Fsp3) is 0.292. The van der Waals surface area contributed by atoms with Crippen LogP contribution < -0.4 is 10.6 Å². The summed E-state index contributed by atoms with van der Waals surface area (Å²) in [4.78, 5) is 11.4. The highest BCUT2D eigenvalue weighted by Crippen LogP contribution is 2.31. The number of halogens is 4. The Bertz CT molecular complexity index is 1530. The normalized spacial score (nSPS) is 15.7. The van der Waals surface area contributed by atoms with Gasteiger partial charge in [-0.25, -0.2) is 16.8 Å². The smallest absolute Gasteiger partial charge is 0.446 e. The molecule has 3 aromatic rings. The number of alkyl halides is 3. The van der Waals surface area contributed by atoms with Gasteiger partial charge in [0.2, 0.25) is 5.09 Å². The first-order valence-electron chi connectivity index (χ1n) is 11.6. The Balaban J connectivity index is 1.30. The number of hydrogen-bond acceptors (Lipinski definition) is 7. The quantitative estimate of drug-likeness (QED) is 0.389. The van der Waals surface area contributed by atoms with Crippen molar-refractivity contribution >= 4 is 43.1 Å². The molecule has 1 amide bonds. The molecular formula is C24H23ClF3N3O6S2. The summed E-state index contributed by atoms with van der Waals surface area (Å²) in [5.41, 5.74) is -4.59. The Morgan fingerprint density at radius 1 is 0.949 bits per heavy atom. The lowest BCUT2D eigenvalue weighted by Gasteiger charge is -2.31. The first kappa shape index (κ1) is 28.9. The van der Waals surface area contributed by atoms with Crippen molar-refractivity contribution in [2.75, 3.05) is 18.4 Å². The maximum Gasteiger partial charge on any atom is 0.501 e. The van der Waals surface area contributed by atoms with Crippen LogP contribution >= 0.6 is 11.6 Å². The third-order valence-electron chi connectivity index (χ3n) is 6.05. The molecule has 1 fully saturated rings. The largest absolute Gasteiger partial charge is 0.501 e. The molecule has 15 heteroatoms. The number of piperidine rings is 1. The Hall–Kier alpha value is -3.07. The summed E-state index contributed by atoms with van der Waals surface area (Å²) in [6, 6.07) is 13.1. The van der Waals surface area contributed by atoms with Crippen LogP contribution in [0.3, 0.4) is 0 Å². The van der Waals surface area contributed by atoms with Crippen molar-refractivity contribution in [3.05, 3.63) is 77.0 Å². The first-order chi connectivity index (χ1) is 18.3. The predicted molar refractivity (Wildman–Crippen MR) is 136 cm³/mol. The molecule has 1 saturated heterocycles. The monoisotopic (exact) mass is 605 g/mol. The number of furan rings is 1. The van der Waals surface area contributed by atoms with Crippen LogP contribution in [-0.2, 0) is 26.4 Å². The summed E-state index contributed by atoms with van der Waals surface area (Å²) in [5.74, 6) is -0.123. The molecule has 2 N–H and O–H groups in total. The maximum atomic E-state index is 13.0. The SMILES string of the molecule is O=C(NCc1ccc(S(=O)(=O)N2CCC(Nc3ccc(S(=O)(=O)C(F)(F)F)cc3)CC2)o1)c1ccc(Cl)cc1. The van der Waals surface area contributed by atoms with Gasteiger partial charge in [-0.15, -0.1) is 0 Å². The standard InChI is InChI=1S/C24H23ClF3N3O6S2/c25-17-3-1-16(2-4-17)23(32)29-15-20-7-10-22(37-20)39(35,36)31-13-11-19(12-14-31)30-18-5-8-21(9-6-18)38(33,34)24(26,27)28/h1-10,19,30H,11-15H2,(H,29,32). The summed E-state index contributed by atoms with van der Waals surface area (Å²) in [6.45, 7) is 0.291. The van der Waals surface area contributed by atoms with Crippen molar-refractivity contribution in [1.29, 1.82) is 0 Å². The molecule has 2 aromatic carbocycles. The summed E-state index contributed by atoms with van der Waals surface area (Å²) < 4.78 is 93.9. The van der Waals surface area contributed by atoms with Gasteiger partial charge in [0.25, 0.3) is 25.8 Å². The Labute approximate surface area is 227 Å². The summed E-state index contributed by atoms with van der Waals surface area (Å²) in [7, 11) is -9.36. The molecule has 1 aromatic heterocycles. The van der Waals surface area contributed by atoms with E-state index in [2.05, 4.69) is 10.6 Å². The van der Waals surface area contributed by atoms with Gasteiger partial charge in [-0.2, -0.15) is 17.5 Å². The number of hydrogen-bond donors (Lipinski definition) is 2. The van der Waals surface area contributed by atoms with Crippen LogP contribution in [0.4, 0.5) is 18.9 Å². The number of benzene rings is 2. The summed E-state index contributed by atoms with van der Waals surface area (Å²) in [5, 5.41) is 5.97. The van der Waals surface area contributed by atoms with Crippen molar-refractivity contribution in [3.8, 4) is 0 Å². The number of sulfonamides is 1. The topological polar surface area (TPSA) is 126 Å². The minimum Gasteiger partial charge on any atom is -0.446 e. The third kappa shape index (κ3) is 6.57. The summed E-state index contributed by atoms with van der Waals surface area (Å²) >= 11 is 5.81. The second-order valence-electron chi connectivity index (χ2n) is 8.71. The van der Waals surface area contributed by atoms with Crippen LogP contribution in [0.1, 0.15) is 29.0 Å². The van der Waals surface area contributed by atoms with Gasteiger partial charge in [-0.05, 0) is 73.5 Å². The van der Waals surface area contributed by atoms with Crippen molar-refractivity contribution < 1.29 is 39.2 Å². The number of carbonyl (C=O) groups excluding carboxylic acids is 1. The molecule has 0 radical (unpaired) electrons. The van der Waals surface area contributed by atoms with E-state index in [0.29, 0.717) is 29.1 Å². The average molecular weight is 606 g/mol. The molecule has 1 aliphatic heterocycles. The van der Waals surface area contributed by atoms with Crippen LogP contribution in [0.2, 0.25) is 5.02 Å². The summed E-state index contributed by atoms with van der Waals surface area (Å²) in [6.07, 6.45) is 0.791. The molecule has 210 valence electrons. The van der Waals surface area contributed by atoms with E-state index in [4.69, 9.17) is 16.0 Å². The Morgan fingerprint density at radius 2 is 1.56 bits per heavy atom. The lowest BCUT2D eigenvalue weighted by molar-refractivity contribution is -0.0436. The van der Waals surface area contributed by atoms with Gasteiger partial charge in [-0.1, -0.05) is 11.6 Å². The molecule has 0 bridgehead atoms. The fourth-order valence-corrected chi connectivity index (χ4v) is 6.22. The highest BCUT2D eigenvalue weighted by atomic mass is 35.5. The van der Waals surface area contributed by atoms with Crippen LogP contribution in [0.25, 0.3) is 0 Å². The number of carbonyl (C=O) groups is 1. The predicted octanol–water partition coefficient (Wildman–Crippen LogP) is 4.42. The molecule has 0 unspecified atom stereocenters. The van der Waals surface area contributed by atoms with Crippen LogP contribution in [0.15, 0.2) is 75.1 Å². The van der Waals surface area contributed by atoms with Crippen molar-refractivity contribution in [2.45, 2.75) is 40.9 Å². The fourth-order valence-electron chi connectivity index (χ4n) is 3.93. The van der Waals surface area contributed by atoms with E-state index in [-0.39, 0.29) is 42.4 Å². The van der Waals surface area contributed by atoms with Gasteiger partial charge >= 0.3 is 5.51 Å². The van der Waals surface area contributed by atoms with Crippen LogP contribution in [0, 0.1) is 0 Å². The number of nitrogens with one attached hydrogen (secondary N) is 2. The van der Waals surface area contributed by atoms with Crippen molar-refractivity contribution in [3.63, 3.8) is 0 Å². The zero-order valence-electron chi connectivity index (χ0n) is 20.1. The Kier molecular flexibility index (Phi) is 8.30. The highest BCUT2D eigenvalue weighted by molar-refractivity contribution is 7.92. The number of rotatable bonds is 8. The number of anilines is 1. The maximum absolute atomic E-state index is 13.0. The van der Waals surface area contributed by atoms with Crippen LogP contribution in [0.5, 0.6) is 0 Å². The van der Waals surface area contributed by atoms with Crippen molar-refractivity contribution in [1.82, 2.24) is 9.62 Å². The zero-order chi connectivity index (χ0) is 28.4. The molecule has 4 rings (SSSR count). The number of amides is 1. The lowest BCUT2D eigenvalue weighted by atomic mass is 10.1. The van der Waals surface area contributed by atoms with Gasteiger partial charge < -0.3 is 15.1 Å². The average Bonchev–Trinajstić information content (AvgIpc) is 3.38. The minimum atomic E-state index is -5.43. The molecule has 0 saturated carbocycles. The van der Waals surface area contributed by atoms with E-state index in [1.807, 2.05) is 0 Å². The molecule has 1 aliphatic rings. The Morgan fingerprint density at radius 3 is 2.15 bits per heavy atom. The minimum absolute atomic E-state index is 0.0218. The molecule has 0 atom stereocenters.